The van der Waals surface area contributed by atoms with Crippen molar-refractivity contribution in [3.8, 4) is 16.9 Å². The molecule has 136 valence electrons. The lowest BCUT2D eigenvalue weighted by Gasteiger charge is -2.18. The molecule has 5 rings (SSSR count). The summed E-state index contributed by atoms with van der Waals surface area (Å²) in [5.74, 6) is 2.36. The van der Waals surface area contributed by atoms with Gasteiger partial charge in [-0.2, -0.15) is 0 Å². The summed E-state index contributed by atoms with van der Waals surface area (Å²) in [5.41, 5.74) is 5.30. The fourth-order valence-electron chi connectivity index (χ4n) is 4.67. The normalized spacial score (nSPS) is 21.8. The molecule has 0 aliphatic carbocycles. The molecule has 0 radical (unpaired) electrons. The van der Waals surface area contributed by atoms with Crippen LogP contribution in [-0.4, -0.2) is 24.6 Å². The Balaban J connectivity index is 1.40. The third-order valence-electron chi connectivity index (χ3n) is 6.03. The molecule has 2 heterocycles. The molecule has 2 aliphatic rings. The lowest BCUT2D eigenvalue weighted by molar-refractivity contribution is 0.271. The van der Waals surface area contributed by atoms with Gasteiger partial charge >= 0.3 is 0 Å². The van der Waals surface area contributed by atoms with Gasteiger partial charge in [-0.1, -0.05) is 72.8 Å². The first-order chi connectivity index (χ1) is 13.4. The van der Waals surface area contributed by atoms with E-state index >= 15 is 0 Å². The van der Waals surface area contributed by atoms with Gasteiger partial charge in [0, 0.05) is 25.6 Å². The van der Waals surface area contributed by atoms with Crippen LogP contribution in [0.2, 0.25) is 0 Å². The van der Waals surface area contributed by atoms with E-state index < -0.39 is 0 Å². The van der Waals surface area contributed by atoms with E-state index in [-0.39, 0.29) is 0 Å². The van der Waals surface area contributed by atoms with Gasteiger partial charge in [-0.25, -0.2) is 0 Å². The van der Waals surface area contributed by atoms with Crippen molar-refractivity contribution in [3.05, 3.63) is 90.0 Å². The minimum atomic E-state index is 0.580. The van der Waals surface area contributed by atoms with E-state index in [2.05, 4.69) is 83.8 Å². The summed E-state index contributed by atoms with van der Waals surface area (Å²) >= 11 is 0. The average Bonchev–Trinajstić information content (AvgIpc) is 3.03. The molecule has 2 aliphatic heterocycles. The van der Waals surface area contributed by atoms with Crippen LogP contribution in [0.1, 0.15) is 23.5 Å². The molecular weight excluding hydrogens is 330 g/mol. The Morgan fingerprint density at radius 2 is 1.59 bits per heavy atom. The number of rotatable bonds is 3. The second kappa shape index (κ2) is 7.21. The van der Waals surface area contributed by atoms with E-state index in [9.17, 15) is 0 Å². The summed E-state index contributed by atoms with van der Waals surface area (Å²) < 4.78 is 6.18. The molecule has 27 heavy (non-hydrogen) atoms. The molecule has 2 nitrogen and oxygen atoms in total. The molecule has 2 heteroatoms. The fourth-order valence-corrected chi connectivity index (χ4v) is 4.67. The third kappa shape index (κ3) is 3.38. The standard InChI is InChI=1S/C25H25NO/c1-3-7-19(8-4-1)16-26-17-22-13-14-27-25-15-21(20-9-5-2-6-10-20)11-12-23(25)24(22)18-26/h1-12,15,22,24H,13-14,16-18H2/t22-,24-/m1/s1. The highest BCUT2D eigenvalue weighted by molar-refractivity contribution is 5.66. The largest absolute Gasteiger partial charge is 0.493 e. The molecule has 2 atom stereocenters. The van der Waals surface area contributed by atoms with Crippen LogP contribution < -0.4 is 4.74 Å². The van der Waals surface area contributed by atoms with Crippen LogP contribution in [0.3, 0.4) is 0 Å². The Kier molecular flexibility index (Phi) is 4.43. The molecule has 3 aromatic rings. The van der Waals surface area contributed by atoms with Crippen LogP contribution in [0.5, 0.6) is 5.75 Å². The topological polar surface area (TPSA) is 12.5 Å². The Morgan fingerprint density at radius 1 is 0.815 bits per heavy atom. The van der Waals surface area contributed by atoms with Gasteiger partial charge in [0.2, 0.25) is 0 Å². The van der Waals surface area contributed by atoms with Crippen molar-refractivity contribution in [2.45, 2.75) is 18.9 Å². The Labute approximate surface area is 161 Å². The highest BCUT2D eigenvalue weighted by Crippen LogP contribution is 2.43. The van der Waals surface area contributed by atoms with Crippen molar-refractivity contribution in [2.24, 2.45) is 5.92 Å². The van der Waals surface area contributed by atoms with Crippen LogP contribution in [0.4, 0.5) is 0 Å². The van der Waals surface area contributed by atoms with Gasteiger partial charge in [0.1, 0.15) is 5.75 Å². The zero-order valence-corrected chi connectivity index (χ0v) is 15.6. The monoisotopic (exact) mass is 355 g/mol. The molecule has 3 aromatic carbocycles. The van der Waals surface area contributed by atoms with Crippen LogP contribution in [0, 0.1) is 5.92 Å². The van der Waals surface area contributed by atoms with Gasteiger partial charge in [0.15, 0.2) is 0 Å². The summed E-state index contributed by atoms with van der Waals surface area (Å²) in [6.07, 6.45) is 1.14. The number of ether oxygens (including phenoxy) is 1. The minimum Gasteiger partial charge on any atom is -0.493 e. The third-order valence-corrected chi connectivity index (χ3v) is 6.03. The first-order valence-corrected chi connectivity index (χ1v) is 9.95. The van der Waals surface area contributed by atoms with Crippen molar-refractivity contribution in [1.82, 2.24) is 4.90 Å². The minimum absolute atomic E-state index is 0.580. The predicted octanol–water partition coefficient (Wildman–Crippen LogP) is 5.35. The Bertz CT molecular complexity index is 906. The quantitative estimate of drug-likeness (QED) is 0.628. The molecular formula is C25H25NO. The average molecular weight is 355 g/mol. The molecule has 1 fully saturated rings. The molecule has 0 aromatic heterocycles. The van der Waals surface area contributed by atoms with Gasteiger partial charge in [-0.15, -0.1) is 0 Å². The highest BCUT2D eigenvalue weighted by Gasteiger charge is 2.36. The van der Waals surface area contributed by atoms with Gasteiger partial charge < -0.3 is 4.74 Å². The van der Waals surface area contributed by atoms with Crippen molar-refractivity contribution < 1.29 is 4.74 Å². The number of nitrogens with zero attached hydrogens (tertiary/aromatic N) is 1. The summed E-state index contributed by atoms with van der Waals surface area (Å²) in [6.45, 7) is 4.17. The van der Waals surface area contributed by atoms with Crippen molar-refractivity contribution in [1.29, 1.82) is 0 Å². The Morgan fingerprint density at radius 3 is 2.41 bits per heavy atom. The molecule has 0 N–H and O–H groups in total. The maximum atomic E-state index is 6.18. The summed E-state index contributed by atoms with van der Waals surface area (Å²) in [6, 6.07) is 28.2. The van der Waals surface area contributed by atoms with Crippen LogP contribution in [0.25, 0.3) is 11.1 Å². The van der Waals surface area contributed by atoms with Crippen molar-refractivity contribution >= 4 is 0 Å². The van der Waals surface area contributed by atoms with E-state index in [0.717, 1.165) is 31.9 Å². The van der Waals surface area contributed by atoms with Crippen LogP contribution in [0.15, 0.2) is 78.9 Å². The highest BCUT2D eigenvalue weighted by atomic mass is 16.5. The SMILES string of the molecule is c1ccc(CN2C[C@H]3CCOc4cc(-c5ccccc5)ccc4[C@@H]3C2)cc1. The Hall–Kier alpha value is -2.58. The molecule has 0 bridgehead atoms. The smallest absolute Gasteiger partial charge is 0.123 e. The lowest BCUT2D eigenvalue weighted by Crippen LogP contribution is -2.21. The van der Waals surface area contributed by atoms with E-state index in [1.165, 1.54) is 28.8 Å². The number of likely N-dealkylation sites (tertiary alicyclic amines) is 1. The first-order valence-electron chi connectivity index (χ1n) is 9.95. The summed E-state index contributed by atoms with van der Waals surface area (Å²) in [4.78, 5) is 2.62. The molecule has 0 spiro atoms. The predicted molar refractivity (Wildman–Crippen MR) is 110 cm³/mol. The van der Waals surface area contributed by atoms with E-state index in [4.69, 9.17) is 4.74 Å². The first kappa shape index (κ1) is 16.6. The maximum Gasteiger partial charge on any atom is 0.123 e. The molecule has 1 saturated heterocycles. The fraction of sp³-hybridized carbons (Fsp3) is 0.280. The van der Waals surface area contributed by atoms with Gasteiger partial charge in [-0.3, -0.25) is 4.90 Å². The summed E-state index contributed by atoms with van der Waals surface area (Å²) in [7, 11) is 0. The second-order valence-corrected chi connectivity index (χ2v) is 7.80. The van der Waals surface area contributed by atoms with Crippen molar-refractivity contribution in [3.63, 3.8) is 0 Å². The molecule has 0 amide bonds. The lowest BCUT2D eigenvalue weighted by atomic mass is 9.86. The van der Waals surface area contributed by atoms with E-state index in [1.807, 2.05) is 0 Å². The van der Waals surface area contributed by atoms with E-state index in [0.29, 0.717) is 11.8 Å². The zero-order chi connectivity index (χ0) is 18.1. The van der Waals surface area contributed by atoms with E-state index in [1.54, 1.807) is 0 Å². The number of hydrogen-bond donors (Lipinski definition) is 0. The number of fused-ring (bicyclic) bond motifs is 3. The van der Waals surface area contributed by atoms with Gasteiger partial charge in [0.25, 0.3) is 0 Å². The van der Waals surface area contributed by atoms with Crippen LogP contribution in [-0.2, 0) is 6.54 Å². The molecule has 0 unspecified atom stereocenters. The van der Waals surface area contributed by atoms with Crippen LogP contribution >= 0.6 is 0 Å². The van der Waals surface area contributed by atoms with Crippen molar-refractivity contribution in [2.75, 3.05) is 19.7 Å². The number of hydrogen-bond acceptors (Lipinski definition) is 2. The maximum absolute atomic E-state index is 6.18. The van der Waals surface area contributed by atoms with Gasteiger partial charge in [-0.05, 0) is 40.7 Å². The van der Waals surface area contributed by atoms with Gasteiger partial charge in [0.05, 0.1) is 6.61 Å². The number of benzene rings is 3. The summed E-state index contributed by atoms with van der Waals surface area (Å²) in [5, 5.41) is 0. The zero-order valence-electron chi connectivity index (χ0n) is 15.6. The molecule has 0 saturated carbocycles. The second-order valence-electron chi connectivity index (χ2n) is 7.80.